The van der Waals surface area contributed by atoms with Crippen LogP contribution in [0, 0.1) is 0 Å². The van der Waals surface area contributed by atoms with Crippen molar-refractivity contribution in [3.05, 3.63) is 59.9 Å². The van der Waals surface area contributed by atoms with Crippen LogP contribution < -0.4 is 10.6 Å². The first-order valence-electron chi connectivity index (χ1n) is 7.14. The molecule has 1 amide bonds. The quantitative estimate of drug-likeness (QED) is 0.884. The molecule has 21 heavy (non-hydrogen) atoms. The molecule has 0 aliphatic heterocycles. The van der Waals surface area contributed by atoms with Crippen molar-refractivity contribution in [2.45, 2.75) is 32.9 Å². The van der Waals surface area contributed by atoms with Gasteiger partial charge in [-0.25, -0.2) is 0 Å². The van der Waals surface area contributed by atoms with Gasteiger partial charge in [0, 0.05) is 24.1 Å². The lowest BCUT2D eigenvalue weighted by Gasteiger charge is -2.17. The van der Waals surface area contributed by atoms with Gasteiger partial charge in [-0.1, -0.05) is 18.2 Å². The summed E-state index contributed by atoms with van der Waals surface area (Å²) in [4.78, 5) is 16.5. The van der Waals surface area contributed by atoms with Gasteiger partial charge >= 0.3 is 0 Å². The van der Waals surface area contributed by atoms with Crippen molar-refractivity contribution in [3.63, 3.8) is 0 Å². The van der Waals surface area contributed by atoms with Gasteiger partial charge < -0.3 is 10.6 Å². The SMILES string of the molecule is CC(C)Nc1ccccc1C(=O)N[C@@H](C)c1cccnc1. The van der Waals surface area contributed by atoms with E-state index in [1.54, 1.807) is 12.4 Å². The molecule has 1 aromatic heterocycles. The third kappa shape index (κ3) is 4.05. The molecule has 0 radical (unpaired) electrons. The second-order valence-electron chi connectivity index (χ2n) is 5.33. The molecule has 0 aliphatic carbocycles. The van der Waals surface area contributed by atoms with Crippen molar-refractivity contribution in [2.75, 3.05) is 5.32 Å². The topological polar surface area (TPSA) is 54.0 Å². The van der Waals surface area contributed by atoms with Crippen molar-refractivity contribution in [1.82, 2.24) is 10.3 Å². The molecule has 0 aliphatic rings. The minimum Gasteiger partial charge on any atom is -0.382 e. The second kappa shape index (κ2) is 6.88. The summed E-state index contributed by atoms with van der Waals surface area (Å²) < 4.78 is 0. The first-order chi connectivity index (χ1) is 10.1. The molecule has 0 spiro atoms. The van der Waals surface area contributed by atoms with Crippen LogP contribution in [0.5, 0.6) is 0 Å². The normalized spacial score (nSPS) is 12.0. The molecule has 1 heterocycles. The van der Waals surface area contributed by atoms with Crippen LogP contribution in [0.15, 0.2) is 48.8 Å². The lowest BCUT2D eigenvalue weighted by atomic mass is 10.1. The van der Waals surface area contributed by atoms with Gasteiger partial charge in [0.1, 0.15) is 0 Å². The van der Waals surface area contributed by atoms with Gasteiger partial charge in [-0.3, -0.25) is 9.78 Å². The molecule has 2 aromatic rings. The molecule has 110 valence electrons. The summed E-state index contributed by atoms with van der Waals surface area (Å²) in [5.74, 6) is -0.0879. The highest BCUT2D eigenvalue weighted by Gasteiger charge is 2.14. The van der Waals surface area contributed by atoms with E-state index in [4.69, 9.17) is 0 Å². The van der Waals surface area contributed by atoms with Crippen molar-refractivity contribution in [3.8, 4) is 0 Å². The van der Waals surface area contributed by atoms with Crippen molar-refractivity contribution in [2.24, 2.45) is 0 Å². The third-order valence-electron chi connectivity index (χ3n) is 3.15. The van der Waals surface area contributed by atoms with Crippen LogP contribution in [0.25, 0.3) is 0 Å². The van der Waals surface area contributed by atoms with E-state index in [1.165, 1.54) is 0 Å². The van der Waals surface area contributed by atoms with E-state index in [1.807, 2.05) is 57.2 Å². The summed E-state index contributed by atoms with van der Waals surface area (Å²) in [6, 6.07) is 11.6. The zero-order valence-corrected chi connectivity index (χ0v) is 12.6. The van der Waals surface area contributed by atoms with E-state index < -0.39 is 0 Å². The highest BCUT2D eigenvalue weighted by atomic mass is 16.1. The van der Waals surface area contributed by atoms with Gasteiger partial charge in [0.15, 0.2) is 0 Å². The smallest absolute Gasteiger partial charge is 0.253 e. The van der Waals surface area contributed by atoms with Gasteiger partial charge in [-0.2, -0.15) is 0 Å². The average Bonchev–Trinajstić information content (AvgIpc) is 2.48. The number of aromatic nitrogens is 1. The Morgan fingerprint density at radius 1 is 1.10 bits per heavy atom. The van der Waals surface area contributed by atoms with Gasteiger partial charge in [-0.15, -0.1) is 0 Å². The van der Waals surface area contributed by atoms with Crippen molar-refractivity contribution < 1.29 is 4.79 Å². The minimum atomic E-state index is -0.0879. The number of anilines is 1. The molecule has 0 saturated carbocycles. The van der Waals surface area contributed by atoms with Crippen molar-refractivity contribution >= 4 is 11.6 Å². The van der Waals surface area contributed by atoms with Crippen LogP contribution in [-0.2, 0) is 0 Å². The minimum absolute atomic E-state index is 0.0849. The second-order valence-corrected chi connectivity index (χ2v) is 5.33. The number of amides is 1. The standard InChI is InChI=1S/C17H21N3O/c1-12(2)19-16-9-5-4-8-15(16)17(21)20-13(3)14-7-6-10-18-11-14/h4-13,19H,1-3H3,(H,20,21)/t13-/m0/s1. The first-order valence-corrected chi connectivity index (χ1v) is 7.14. The van der Waals surface area contributed by atoms with E-state index in [-0.39, 0.29) is 18.0 Å². The molecule has 1 aromatic carbocycles. The van der Waals surface area contributed by atoms with E-state index in [0.717, 1.165) is 11.3 Å². The summed E-state index contributed by atoms with van der Waals surface area (Å²) in [5, 5.41) is 6.30. The van der Waals surface area contributed by atoms with Gasteiger partial charge in [0.05, 0.1) is 11.6 Å². The summed E-state index contributed by atoms with van der Waals surface area (Å²) in [7, 11) is 0. The van der Waals surface area contributed by atoms with Crippen LogP contribution >= 0.6 is 0 Å². The molecular weight excluding hydrogens is 262 g/mol. The number of para-hydroxylation sites is 1. The predicted molar refractivity (Wildman–Crippen MR) is 85.3 cm³/mol. The number of carbonyl (C=O) groups excluding carboxylic acids is 1. The molecule has 0 unspecified atom stereocenters. The van der Waals surface area contributed by atoms with Crippen LogP contribution in [0.3, 0.4) is 0 Å². The Morgan fingerprint density at radius 2 is 1.86 bits per heavy atom. The highest BCUT2D eigenvalue weighted by molar-refractivity contribution is 5.99. The Labute approximate surface area is 125 Å². The van der Waals surface area contributed by atoms with Gasteiger partial charge in [-0.05, 0) is 44.5 Å². The fourth-order valence-electron chi connectivity index (χ4n) is 2.11. The van der Waals surface area contributed by atoms with Crippen LogP contribution in [0.1, 0.15) is 42.7 Å². The fourth-order valence-corrected chi connectivity index (χ4v) is 2.11. The summed E-state index contributed by atoms with van der Waals surface area (Å²) >= 11 is 0. The van der Waals surface area contributed by atoms with Crippen molar-refractivity contribution in [1.29, 1.82) is 0 Å². The average molecular weight is 283 g/mol. The number of nitrogens with one attached hydrogen (secondary N) is 2. The first kappa shape index (κ1) is 15.0. The van der Waals surface area contributed by atoms with Gasteiger partial charge in [0.25, 0.3) is 5.91 Å². The third-order valence-corrected chi connectivity index (χ3v) is 3.15. The van der Waals surface area contributed by atoms with Crippen LogP contribution in [-0.4, -0.2) is 16.9 Å². The summed E-state index contributed by atoms with van der Waals surface area (Å²) in [5.41, 5.74) is 2.49. The van der Waals surface area contributed by atoms with Crippen LogP contribution in [0.2, 0.25) is 0 Å². The highest BCUT2D eigenvalue weighted by Crippen LogP contribution is 2.18. The predicted octanol–water partition coefficient (Wildman–Crippen LogP) is 3.39. The molecule has 0 bridgehead atoms. The fraction of sp³-hybridized carbons (Fsp3) is 0.294. The molecule has 2 N–H and O–H groups in total. The number of hydrogen-bond donors (Lipinski definition) is 2. The molecule has 0 fully saturated rings. The Hall–Kier alpha value is -2.36. The number of nitrogens with zero attached hydrogens (tertiary/aromatic N) is 1. The number of carbonyl (C=O) groups is 1. The maximum Gasteiger partial charge on any atom is 0.253 e. The van der Waals surface area contributed by atoms with E-state index >= 15 is 0 Å². The van der Waals surface area contributed by atoms with Gasteiger partial charge in [0.2, 0.25) is 0 Å². The zero-order valence-electron chi connectivity index (χ0n) is 12.6. The number of hydrogen-bond acceptors (Lipinski definition) is 3. The molecule has 2 rings (SSSR count). The Morgan fingerprint density at radius 3 is 2.52 bits per heavy atom. The van der Waals surface area contributed by atoms with E-state index in [0.29, 0.717) is 5.56 Å². The monoisotopic (exact) mass is 283 g/mol. The number of benzene rings is 1. The lowest BCUT2D eigenvalue weighted by molar-refractivity contribution is 0.0940. The van der Waals surface area contributed by atoms with E-state index in [2.05, 4.69) is 15.6 Å². The maximum atomic E-state index is 12.5. The maximum absolute atomic E-state index is 12.5. The largest absolute Gasteiger partial charge is 0.382 e. The molecule has 1 atom stereocenters. The van der Waals surface area contributed by atoms with E-state index in [9.17, 15) is 4.79 Å². The number of pyridine rings is 1. The summed E-state index contributed by atoms with van der Waals surface area (Å²) in [6.07, 6.45) is 3.49. The Balaban J connectivity index is 2.14. The Bertz CT molecular complexity index is 596. The number of rotatable bonds is 5. The molecular formula is C17H21N3O. The molecule has 0 saturated heterocycles. The molecule has 4 nitrogen and oxygen atoms in total. The molecule has 4 heteroatoms. The Kier molecular flexibility index (Phi) is 4.93. The summed E-state index contributed by atoms with van der Waals surface area (Å²) in [6.45, 7) is 6.05. The lowest BCUT2D eigenvalue weighted by Crippen LogP contribution is -2.28. The van der Waals surface area contributed by atoms with Crippen LogP contribution in [0.4, 0.5) is 5.69 Å². The zero-order chi connectivity index (χ0) is 15.2.